The Morgan fingerprint density at radius 2 is 1.46 bits per heavy atom. The molecule has 4 rings (SSSR count). The molecule has 17 heteroatoms. The Morgan fingerprint density at radius 3 is 1.94 bits per heavy atom. The van der Waals surface area contributed by atoms with Crippen molar-refractivity contribution in [2.75, 3.05) is 0 Å². The van der Waals surface area contributed by atoms with E-state index in [0.717, 1.165) is 17.4 Å². The van der Waals surface area contributed by atoms with Crippen LogP contribution >= 0.6 is 34.8 Å². The van der Waals surface area contributed by atoms with Crippen LogP contribution in [0.3, 0.4) is 0 Å². The molecular formula is C18H16Cl3F3N6O5. The summed E-state index contributed by atoms with van der Waals surface area (Å²) in [6.07, 6.45) is -3.69. The van der Waals surface area contributed by atoms with Gasteiger partial charge < -0.3 is 21.4 Å². The third kappa shape index (κ3) is 10.3. The molecule has 0 radical (unpaired) electrons. The molecule has 4 N–H and O–H groups in total. The molecule has 11 nitrogen and oxygen atoms in total. The van der Waals surface area contributed by atoms with Gasteiger partial charge in [-0.05, 0) is 18.2 Å². The van der Waals surface area contributed by atoms with E-state index < -0.39 is 22.2 Å². The minimum atomic E-state index is -4.93. The second-order valence-electron chi connectivity index (χ2n) is 5.98. The molecule has 0 fully saturated rings. The van der Waals surface area contributed by atoms with Crippen LogP contribution < -0.4 is 9.58 Å². The normalized spacial score (nSPS) is 10.6. The van der Waals surface area contributed by atoms with E-state index >= 15 is 0 Å². The molecule has 190 valence electrons. The number of nitrogens with zero attached hydrogens (tertiary/aromatic N) is 6. The fourth-order valence-electron chi connectivity index (χ4n) is 2.15. The van der Waals surface area contributed by atoms with Crippen molar-refractivity contribution in [3.63, 3.8) is 0 Å². The summed E-state index contributed by atoms with van der Waals surface area (Å²) in [6.45, 7) is 0. The minimum Gasteiger partial charge on any atom is -0.710 e. The highest BCUT2D eigenvalue weighted by atomic mass is 35.6. The third-order valence-corrected chi connectivity index (χ3v) is 3.96. The van der Waals surface area contributed by atoms with Gasteiger partial charge in [0.1, 0.15) is 11.8 Å². The Balaban J connectivity index is 0.000000483. The van der Waals surface area contributed by atoms with Crippen molar-refractivity contribution in [1.82, 2.24) is 20.3 Å². The van der Waals surface area contributed by atoms with Crippen molar-refractivity contribution < 1.29 is 38.5 Å². The first kappa shape index (κ1) is 31.8. The van der Waals surface area contributed by atoms with Crippen molar-refractivity contribution in [3.05, 3.63) is 71.6 Å². The van der Waals surface area contributed by atoms with Crippen molar-refractivity contribution in [3.8, 4) is 0 Å². The van der Waals surface area contributed by atoms with E-state index in [2.05, 4.69) is 20.3 Å². The lowest BCUT2D eigenvalue weighted by Gasteiger charge is -2.10. The minimum absolute atomic E-state index is 0. The number of fused-ring (bicyclic) bond motifs is 2. The molecule has 2 aromatic heterocycles. The first-order chi connectivity index (χ1) is 15.4. The number of ketones is 1. The second kappa shape index (κ2) is 13.7. The van der Waals surface area contributed by atoms with Crippen LogP contribution in [-0.2, 0) is 4.79 Å². The van der Waals surface area contributed by atoms with Crippen LogP contribution in [0.2, 0.25) is 0 Å². The Kier molecular flexibility index (Phi) is 12.4. The number of halogens is 6. The number of carbonyl (C=O) groups excluding carboxylic acids is 1. The molecule has 0 aliphatic heterocycles. The van der Waals surface area contributed by atoms with E-state index in [4.69, 9.17) is 34.8 Å². The van der Waals surface area contributed by atoms with Gasteiger partial charge in [0.25, 0.3) is 0 Å². The summed E-state index contributed by atoms with van der Waals surface area (Å²) in [6, 6.07) is 14.1. The molecule has 0 aliphatic rings. The van der Waals surface area contributed by atoms with E-state index in [1.165, 1.54) is 6.33 Å². The number of benzene rings is 2. The zero-order valence-corrected chi connectivity index (χ0v) is 19.4. The summed E-state index contributed by atoms with van der Waals surface area (Å²) in [5.41, 5.74) is 2.32. The number of rotatable bonds is 1. The molecule has 0 spiro atoms. The van der Waals surface area contributed by atoms with Crippen LogP contribution in [0, 0.1) is 10.4 Å². The number of carbonyl (C=O) groups is 1. The second-order valence-corrected chi connectivity index (χ2v) is 8.50. The summed E-state index contributed by atoms with van der Waals surface area (Å²) in [5.74, 6) is -2.04. The Bertz CT molecular complexity index is 1140. The van der Waals surface area contributed by atoms with Gasteiger partial charge in [0.05, 0.1) is 16.8 Å². The molecular weight excluding hydrogens is 544 g/mol. The lowest BCUT2D eigenvalue weighted by atomic mass is 10.3. The lowest BCUT2D eigenvalue weighted by Crippen LogP contribution is -2.40. The molecule has 4 aromatic rings. The Morgan fingerprint density at radius 1 is 0.914 bits per heavy atom. The van der Waals surface area contributed by atoms with Gasteiger partial charge in [-0.25, -0.2) is 9.71 Å². The average Bonchev–Trinajstić information content (AvgIpc) is 2.76. The molecule has 0 saturated carbocycles. The predicted molar refractivity (Wildman–Crippen MR) is 120 cm³/mol. The summed E-state index contributed by atoms with van der Waals surface area (Å²) in [4.78, 5) is 14.5. The van der Waals surface area contributed by atoms with Gasteiger partial charge in [-0.2, -0.15) is 13.2 Å². The standard InChI is InChI=1S/C7H5N3O2.C7H5N3.C4H2Cl3F3O.2H2O/c11-9-5-8-10(12)7-4-2-1-3-6(7)9;1-2-4-7-6(3-1)8-5-9-10-7;5-3(6,7)1-2(11)4(8,9)10;;/h1-5H;1-5H;1H2;2*1H2. The van der Waals surface area contributed by atoms with Gasteiger partial charge >= 0.3 is 18.0 Å². The highest BCUT2D eigenvalue weighted by molar-refractivity contribution is 6.68. The maximum Gasteiger partial charge on any atom is 0.450 e. The average molecular weight is 560 g/mol. The monoisotopic (exact) mass is 558 g/mol. The first-order valence-electron chi connectivity index (χ1n) is 8.64. The molecule has 0 unspecified atom stereocenters. The summed E-state index contributed by atoms with van der Waals surface area (Å²) >= 11 is 14.8. The Hall–Kier alpha value is -3.17. The van der Waals surface area contributed by atoms with Gasteiger partial charge in [0.15, 0.2) is 3.79 Å². The summed E-state index contributed by atoms with van der Waals surface area (Å²) in [7, 11) is 0. The fraction of sp³-hybridized carbons (Fsp3) is 0.167. The van der Waals surface area contributed by atoms with Crippen molar-refractivity contribution in [2.24, 2.45) is 0 Å². The van der Waals surface area contributed by atoms with Crippen LogP contribution in [0.25, 0.3) is 22.1 Å². The van der Waals surface area contributed by atoms with Gasteiger partial charge in [0.2, 0.25) is 16.4 Å². The van der Waals surface area contributed by atoms with E-state index in [0.29, 0.717) is 15.1 Å². The summed E-state index contributed by atoms with van der Waals surface area (Å²) in [5, 5.41) is 32.9. The summed E-state index contributed by atoms with van der Waals surface area (Å²) < 4.78 is 32.7. The highest BCUT2D eigenvalue weighted by Gasteiger charge is 2.42. The third-order valence-electron chi connectivity index (χ3n) is 3.56. The number of hydrogen-bond acceptors (Lipinski definition) is 7. The van der Waals surface area contributed by atoms with Crippen molar-refractivity contribution in [1.29, 1.82) is 0 Å². The highest BCUT2D eigenvalue weighted by Crippen LogP contribution is 2.33. The zero-order chi connectivity index (χ0) is 24.6. The van der Waals surface area contributed by atoms with Crippen LogP contribution in [-0.4, -0.2) is 47.0 Å². The number of Topliss-reactive ketones (excluding diaryl/α,β-unsaturated/α-hetero) is 1. The van der Waals surface area contributed by atoms with Gasteiger partial charge in [-0.15, -0.1) is 10.2 Å². The smallest absolute Gasteiger partial charge is 0.450 e. The number of alkyl halides is 6. The molecule has 35 heavy (non-hydrogen) atoms. The van der Waals surface area contributed by atoms with Crippen LogP contribution in [0.4, 0.5) is 13.2 Å². The Labute approximate surface area is 209 Å². The maximum absolute atomic E-state index is 11.5. The zero-order valence-electron chi connectivity index (χ0n) is 17.2. The molecule has 0 atom stereocenters. The first-order valence-corrected chi connectivity index (χ1v) is 9.78. The van der Waals surface area contributed by atoms with E-state index in [-0.39, 0.29) is 16.5 Å². The van der Waals surface area contributed by atoms with Crippen LogP contribution in [0.5, 0.6) is 0 Å². The lowest BCUT2D eigenvalue weighted by molar-refractivity contribution is -0.680. The van der Waals surface area contributed by atoms with E-state index in [9.17, 15) is 28.4 Å². The van der Waals surface area contributed by atoms with Crippen LogP contribution in [0.15, 0.2) is 61.2 Å². The molecule has 0 saturated heterocycles. The van der Waals surface area contributed by atoms with E-state index in [1.54, 1.807) is 24.3 Å². The predicted octanol–water partition coefficient (Wildman–Crippen LogP) is 1.76. The quantitative estimate of drug-likeness (QED) is 0.193. The largest absolute Gasteiger partial charge is 0.710 e. The molecule has 2 aromatic carbocycles. The maximum atomic E-state index is 11.5. The SMILES string of the molecule is O.O.O=C(CC(Cl)(Cl)Cl)C(F)(F)F.[O-][n+]1cn[n+]([O-])c2ccccc21.c1ccc2nncnc2c1. The number of aromatic nitrogens is 6. The topological polar surface area (TPSA) is 186 Å². The van der Waals surface area contributed by atoms with Gasteiger partial charge in [-0.1, -0.05) is 59.1 Å². The molecule has 0 bridgehead atoms. The van der Waals surface area contributed by atoms with Crippen molar-refractivity contribution in [2.45, 2.75) is 16.4 Å². The van der Waals surface area contributed by atoms with Gasteiger partial charge in [0, 0.05) is 6.07 Å². The molecule has 0 amide bonds. The molecule has 2 heterocycles. The fourth-order valence-corrected chi connectivity index (χ4v) is 2.51. The van der Waals surface area contributed by atoms with Crippen molar-refractivity contribution >= 4 is 62.7 Å². The van der Waals surface area contributed by atoms with E-state index in [1.807, 2.05) is 24.3 Å². The number of para-hydroxylation sites is 3. The van der Waals surface area contributed by atoms with Gasteiger partial charge in [-0.3, -0.25) is 4.79 Å². The van der Waals surface area contributed by atoms with Crippen LogP contribution in [0.1, 0.15) is 6.42 Å². The molecule has 0 aliphatic carbocycles. The number of hydrogen-bond donors (Lipinski definition) is 0.